The predicted molar refractivity (Wildman–Crippen MR) is 176 cm³/mol. The van der Waals surface area contributed by atoms with Crippen LogP contribution in [0.5, 0.6) is 0 Å². The predicted octanol–water partition coefficient (Wildman–Crippen LogP) is 4.70. The van der Waals surface area contributed by atoms with Crippen LogP contribution >= 0.6 is 23.8 Å². The first kappa shape index (κ1) is 35.4. The van der Waals surface area contributed by atoms with Crippen LogP contribution in [0.4, 0.5) is 5.69 Å². The van der Waals surface area contributed by atoms with Gasteiger partial charge >= 0.3 is 0 Å². The third-order valence-electron chi connectivity index (χ3n) is 7.67. The van der Waals surface area contributed by atoms with Crippen LogP contribution in [-0.2, 0) is 29.9 Å². The summed E-state index contributed by atoms with van der Waals surface area (Å²) < 4.78 is 33.5. The second-order valence-electron chi connectivity index (χ2n) is 11.2. The molecule has 0 radical (unpaired) electrons. The van der Waals surface area contributed by atoms with Crippen molar-refractivity contribution in [2.24, 2.45) is 0 Å². The molecule has 13 heteroatoms. The summed E-state index contributed by atoms with van der Waals surface area (Å²) in [6.07, 6.45) is 10.6. The summed E-state index contributed by atoms with van der Waals surface area (Å²) in [5.74, 6) is -1.23. The van der Waals surface area contributed by atoms with Crippen LogP contribution < -0.4 is 10.2 Å². The van der Waals surface area contributed by atoms with E-state index in [-0.39, 0.29) is 27.4 Å². The molecule has 0 bridgehead atoms. The maximum Gasteiger partial charge on any atom is 0.294 e. The molecule has 2 aliphatic rings. The van der Waals surface area contributed by atoms with Gasteiger partial charge in [-0.3, -0.25) is 28.7 Å². The van der Waals surface area contributed by atoms with Gasteiger partial charge in [-0.2, -0.15) is 8.42 Å². The summed E-state index contributed by atoms with van der Waals surface area (Å²) in [7, 11) is -4.41. The average Bonchev–Trinajstić information content (AvgIpc) is 3.19. The number of halogens is 1. The maximum atomic E-state index is 13.3. The molecule has 240 valence electrons. The highest BCUT2D eigenvalue weighted by molar-refractivity contribution is 7.85. The van der Waals surface area contributed by atoms with Crippen LogP contribution in [0.25, 0.3) is 0 Å². The number of hydrogen-bond donors (Lipinski definition) is 2. The zero-order valence-corrected chi connectivity index (χ0v) is 28.0. The van der Waals surface area contributed by atoms with Crippen molar-refractivity contribution in [2.45, 2.75) is 70.1 Å². The zero-order valence-electron chi connectivity index (χ0n) is 25.6. The van der Waals surface area contributed by atoms with Gasteiger partial charge < -0.3 is 10.2 Å². The molecular formula is C31H41ClN4O6S2. The molecule has 0 aromatic heterocycles. The maximum absolute atomic E-state index is 13.3. The van der Waals surface area contributed by atoms with Crippen molar-refractivity contribution >= 4 is 62.5 Å². The first-order chi connectivity index (χ1) is 20.8. The molecule has 1 fully saturated rings. The van der Waals surface area contributed by atoms with Crippen LogP contribution in [0.15, 0.2) is 58.7 Å². The zero-order chi connectivity index (χ0) is 32.7. The van der Waals surface area contributed by atoms with E-state index in [9.17, 15) is 27.4 Å². The van der Waals surface area contributed by atoms with Gasteiger partial charge in [-0.25, -0.2) is 0 Å². The number of benzene rings is 1. The van der Waals surface area contributed by atoms with Gasteiger partial charge in [-0.15, -0.1) is 11.6 Å². The van der Waals surface area contributed by atoms with Crippen molar-refractivity contribution in [1.82, 2.24) is 15.1 Å². The van der Waals surface area contributed by atoms with Crippen molar-refractivity contribution in [3.63, 3.8) is 0 Å². The minimum Gasteiger partial charge on any atom is -0.355 e. The highest BCUT2D eigenvalue weighted by Gasteiger charge is 2.41. The lowest BCUT2D eigenvalue weighted by molar-refractivity contribution is -0.134. The highest BCUT2D eigenvalue weighted by Crippen LogP contribution is 2.48. The summed E-state index contributed by atoms with van der Waals surface area (Å²) in [6.45, 7) is 9.70. The van der Waals surface area contributed by atoms with Crippen LogP contribution in [0.1, 0.15) is 65.4 Å². The van der Waals surface area contributed by atoms with E-state index in [4.69, 9.17) is 23.8 Å². The summed E-state index contributed by atoms with van der Waals surface area (Å²) in [4.78, 5) is 43.1. The van der Waals surface area contributed by atoms with Crippen molar-refractivity contribution in [3.05, 3.63) is 59.3 Å². The van der Waals surface area contributed by atoms with E-state index in [2.05, 4.69) is 5.32 Å². The largest absolute Gasteiger partial charge is 0.355 e. The van der Waals surface area contributed by atoms with E-state index < -0.39 is 27.3 Å². The Labute approximate surface area is 270 Å². The minimum absolute atomic E-state index is 0.0408. The van der Waals surface area contributed by atoms with Crippen molar-refractivity contribution < 1.29 is 27.4 Å². The highest BCUT2D eigenvalue weighted by atomic mass is 35.5. The second kappa shape index (κ2) is 15.3. The number of hydrogen-bond acceptors (Lipinski definition) is 7. The number of unbranched alkanes of at least 4 members (excludes halogenated alkanes) is 2. The molecule has 0 saturated carbocycles. The first-order valence-electron chi connectivity index (χ1n) is 14.8. The third-order valence-corrected chi connectivity index (χ3v) is 9.21. The van der Waals surface area contributed by atoms with E-state index in [1.165, 1.54) is 28.0 Å². The third kappa shape index (κ3) is 7.96. The summed E-state index contributed by atoms with van der Waals surface area (Å²) >= 11 is 11.1. The number of fused-ring (bicyclic) bond motifs is 1. The minimum atomic E-state index is -4.41. The molecule has 2 aliphatic heterocycles. The van der Waals surface area contributed by atoms with Gasteiger partial charge in [0.25, 0.3) is 21.9 Å². The Morgan fingerprint density at radius 2 is 1.55 bits per heavy atom. The van der Waals surface area contributed by atoms with Gasteiger partial charge in [0.05, 0.1) is 4.90 Å². The fourth-order valence-corrected chi connectivity index (χ4v) is 6.19. The molecular weight excluding hydrogens is 624 g/mol. The number of alkyl halides is 1. The molecule has 1 aromatic carbocycles. The van der Waals surface area contributed by atoms with E-state index >= 15 is 0 Å². The number of nitrogens with zero attached hydrogens (tertiary/aromatic N) is 3. The lowest BCUT2D eigenvalue weighted by Gasteiger charge is -2.36. The molecule has 2 N–H and O–H groups in total. The molecule has 0 spiro atoms. The number of carbonyl (C=O) groups is 3. The van der Waals surface area contributed by atoms with E-state index in [0.29, 0.717) is 38.2 Å². The average molecular weight is 665 g/mol. The molecule has 0 unspecified atom stereocenters. The molecule has 1 aromatic rings. The van der Waals surface area contributed by atoms with E-state index in [0.717, 1.165) is 37.1 Å². The number of thiocarbonyl (C=S) groups is 1. The van der Waals surface area contributed by atoms with Crippen LogP contribution in [0.2, 0.25) is 0 Å². The number of allylic oxidation sites excluding steroid dienone is 5. The van der Waals surface area contributed by atoms with Crippen molar-refractivity contribution in [1.29, 1.82) is 0 Å². The Balaban J connectivity index is 1.97. The molecule has 10 nitrogen and oxygen atoms in total. The van der Waals surface area contributed by atoms with E-state index in [1.54, 1.807) is 18.2 Å². The number of nitrogens with one attached hydrogen (secondary N) is 1. The standard InChI is InChI=1S/C31H41ClN4O6S2/c1-5-7-17-35-28(38)23(29(39)36(30(35)43)18-8-6-2)12-9-10-13-26-31(3,4)24-20-22(44(40,41)42)14-15-25(24)34(26)19-11-16-33-27(37)21-32/h9-10,12-15,20H,5-8,11,16-19,21H2,1-4H3,(H,33,37)(H,40,41,42)/b10-9+,26-13+. The van der Waals surface area contributed by atoms with Gasteiger partial charge in [0.1, 0.15) is 11.5 Å². The molecule has 2 heterocycles. The summed E-state index contributed by atoms with van der Waals surface area (Å²) in [5, 5.41) is 2.99. The fraction of sp³-hybridized carbons (Fsp3) is 0.484. The number of anilines is 1. The van der Waals surface area contributed by atoms with Gasteiger partial charge in [0, 0.05) is 43.0 Å². The lowest BCUT2D eigenvalue weighted by Crippen LogP contribution is -2.56. The first-order valence-corrected chi connectivity index (χ1v) is 17.2. The Kier molecular flexibility index (Phi) is 12.3. The van der Waals surface area contributed by atoms with Crippen molar-refractivity contribution in [2.75, 3.05) is 37.0 Å². The quantitative estimate of drug-likeness (QED) is 0.0732. The van der Waals surface area contributed by atoms with E-state index in [1.807, 2.05) is 38.7 Å². The molecule has 44 heavy (non-hydrogen) atoms. The smallest absolute Gasteiger partial charge is 0.294 e. The number of carbonyl (C=O) groups excluding carboxylic acids is 3. The molecule has 3 rings (SSSR count). The van der Waals surface area contributed by atoms with Gasteiger partial charge in [0.2, 0.25) is 5.91 Å². The summed E-state index contributed by atoms with van der Waals surface area (Å²) in [5.41, 5.74) is 1.69. The van der Waals surface area contributed by atoms with Crippen LogP contribution in [0.3, 0.4) is 0 Å². The Bertz CT molecular complexity index is 1450. The van der Waals surface area contributed by atoms with Gasteiger partial charge in [-0.1, -0.05) is 52.7 Å². The lowest BCUT2D eigenvalue weighted by atomic mass is 9.83. The SMILES string of the molecule is CCCCN1C(=O)C(=C/C=C/C=C2/N(CCCNC(=O)CCl)c3ccc(S(=O)(=O)O)cc3C2(C)C)C(=O)N(CCCC)C1=S. The molecule has 3 amide bonds. The molecule has 0 aliphatic carbocycles. The Morgan fingerprint density at radius 1 is 0.977 bits per heavy atom. The topological polar surface area (TPSA) is 127 Å². The van der Waals surface area contributed by atoms with Crippen molar-refractivity contribution in [3.8, 4) is 0 Å². The fourth-order valence-electron chi connectivity index (χ4n) is 5.24. The number of rotatable bonds is 14. The molecule has 1 saturated heterocycles. The normalized spacial score (nSPS) is 17.7. The summed E-state index contributed by atoms with van der Waals surface area (Å²) in [6, 6.07) is 4.48. The van der Waals surface area contributed by atoms with Gasteiger partial charge in [0.15, 0.2) is 5.11 Å². The number of amides is 3. The Hall–Kier alpha value is -3.06. The van der Waals surface area contributed by atoms with Crippen LogP contribution in [0, 0.1) is 0 Å². The molecule has 0 atom stereocenters. The van der Waals surface area contributed by atoms with Gasteiger partial charge in [-0.05, 0) is 67.4 Å². The monoisotopic (exact) mass is 664 g/mol. The van der Waals surface area contributed by atoms with Crippen LogP contribution in [-0.4, -0.2) is 77.7 Å². The second-order valence-corrected chi connectivity index (χ2v) is 13.2. The Morgan fingerprint density at radius 3 is 2.09 bits per heavy atom.